The molecule has 0 radical (unpaired) electrons. The molecule has 9 nitrogen and oxygen atoms in total. The Morgan fingerprint density at radius 1 is 0.540 bits per heavy atom. The van der Waals surface area contributed by atoms with E-state index in [-0.39, 0.29) is 48.9 Å². The molecule has 0 saturated carbocycles. The average Bonchev–Trinajstić information content (AvgIpc) is 3.12. The van der Waals surface area contributed by atoms with E-state index in [1.807, 2.05) is 53.7 Å². The van der Waals surface area contributed by atoms with Crippen LogP contribution in [0.4, 0.5) is 0 Å². The van der Waals surface area contributed by atoms with Crippen LogP contribution in [0.5, 0.6) is 11.5 Å². The molecule has 0 bridgehead atoms. The summed E-state index contributed by atoms with van der Waals surface area (Å²) in [5.74, 6) is -1.17. The number of phenols is 1. The van der Waals surface area contributed by atoms with Crippen molar-refractivity contribution >= 4 is 19.8 Å². The smallest absolute Gasteiger partial charge is 0.507 e. The number of aliphatic carboxylic acids is 2. The molecule has 63 heavy (non-hydrogen) atoms. The van der Waals surface area contributed by atoms with Crippen molar-refractivity contribution in [2.75, 3.05) is 0 Å². The van der Waals surface area contributed by atoms with Gasteiger partial charge in [-0.1, -0.05) is 211 Å². The van der Waals surface area contributed by atoms with Crippen molar-refractivity contribution in [3.05, 3.63) is 64.6 Å². The molecule has 2 aromatic rings. The van der Waals surface area contributed by atoms with Gasteiger partial charge in [0.25, 0.3) is 0 Å². The van der Waals surface area contributed by atoms with Crippen LogP contribution >= 0.6 is 7.82 Å². The molecule has 2 rings (SSSR count). The van der Waals surface area contributed by atoms with Crippen LogP contribution in [0, 0.1) is 6.92 Å². The molecule has 0 aromatic heterocycles. The monoisotopic (exact) mass is 954 g/mol. The van der Waals surface area contributed by atoms with Crippen LogP contribution in [-0.4, -0.2) is 37.0 Å². The van der Waals surface area contributed by atoms with Crippen molar-refractivity contribution in [2.45, 2.75) is 240 Å². The fraction of sp³-hybridized carbons (Fsp3) is 0.712. The number of phenolic OH excluding ortho intramolecular Hbond substituents is 1. The SMILES string of the molecule is CC(C)(C)c1cc(CCC(=O)O)cc(C(C)(C)C)c1O.CC(C)(C)c1cc(CCC(=O)O)cc(C(C)(C)C)c1OP(=O)(O)O.[CH2-]CCCCCCCCCCCCCCCCC.[Zn]. The van der Waals surface area contributed by atoms with Gasteiger partial charge in [0.05, 0.1) is 0 Å². The number of hydrogen-bond donors (Lipinski definition) is 5. The number of aromatic hydroxyl groups is 1. The average molecular weight is 956 g/mol. The molecule has 0 saturated heterocycles. The molecule has 0 aliphatic heterocycles. The molecule has 0 atom stereocenters. The third kappa shape index (κ3) is 28.4. The van der Waals surface area contributed by atoms with Crippen LogP contribution in [-0.2, 0) is 68.1 Å². The maximum Gasteiger partial charge on any atom is 0.524 e. The Balaban J connectivity index is 0. The van der Waals surface area contributed by atoms with Crippen LogP contribution in [0.15, 0.2) is 24.3 Å². The van der Waals surface area contributed by atoms with E-state index in [9.17, 15) is 29.0 Å². The van der Waals surface area contributed by atoms with Crippen LogP contribution in [0.3, 0.4) is 0 Å². The van der Waals surface area contributed by atoms with E-state index in [0.717, 1.165) is 28.7 Å². The summed E-state index contributed by atoms with van der Waals surface area (Å²) in [6.07, 6.45) is 23.8. The molecule has 5 N–H and O–H groups in total. The van der Waals surface area contributed by atoms with Gasteiger partial charge in [0.15, 0.2) is 0 Å². The summed E-state index contributed by atoms with van der Waals surface area (Å²) in [7, 11) is -4.72. The molecule has 2 aromatic carbocycles. The van der Waals surface area contributed by atoms with E-state index in [0.29, 0.717) is 29.7 Å². The van der Waals surface area contributed by atoms with Gasteiger partial charge < -0.3 is 26.8 Å². The van der Waals surface area contributed by atoms with E-state index in [2.05, 4.69) is 55.4 Å². The van der Waals surface area contributed by atoms with Crippen LogP contribution in [0.2, 0.25) is 0 Å². The summed E-state index contributed by atoms with van der Waals surface area (Å²) in [5.41, 5.74) is 3.64. The minimum Gasteiger partial charge on any atom is -0.507 e. The Labute approximate surface area is 397 Å². The second-order valence-corrected chi connectivity index (χ2v) is 22.4. The molecular weight excluding hydrogens is 865 g/mol. The van der Waals surface area contributed by atoms with Crippen molar-refractivity contribution in [3.8, 4) is 11.5 Å². The molecule has 11 heteroatoms. The molecule has 0 spiro atoms. The number of benzene rings is 2. The van der Waals surface area contributed by atoms with Gasteiger partial charge in [-0.15, -0.1) is 0 Å². The third-order valence-electron chi connectivity index (χ3n) is 10.9. The molecule has 0 amide bonds. The van der Waals surface area contributed by atoms with E-state index < -0.39 is 30.6 Å². The van der Waals surface area contributed by atoms with Crippen molar-refractivity contribution in [1.29, 1.82) is 0 Å². The number of aryl methyl sites for hydroxylation is 2. The number of carbonyl (C=O) groups is 2. The number of rotatable bonds is 23. The first-order valence-electron chi connectivity index (χ1n) is 23.5. The first-order valence-corrected chi connectivity index (χ1v) is 25.0. The summed E-state index contributed by atoms with van der Waals surface area (Å²) in [6, 6.07) is 7.44. The summed E-state index contributed by atoms with van der Waals surface area (Å²) < 4.78 is 16.5. The van der Waals surface area contributed by atoms with Crippen molar-refractivity contribution in [3.63, 3.8) is 0 Å². The van der Waals surface area contributed by atoms with Gasteiger partial charge in [-0.2, -0.15) is 6.42 Å². The summed E-state index contributed by atoms with van der Waals surface area (Å²) >= 11 is 0. The Hall–Kier alpha value is -2.25. The predicted octanol–water partition coefficient (Wildman–Crippen LogP) is 14.9. The number of hydrogen-bond acceptors (Lipinski definition) is 5. The standard InChI is InChI=1S/C18H37.C17H27O6P.C17H26O3.Zn/c1-3-5-7-9-11-13-15-17-18-16-14-12-10-8-6-4-2;1-16(2,3)12-9-11(7-8-14(18)19)10-13(17(4,5)6)15(12)23-24(20,21)22;1-16(2,3)12-9-11(7-8-14(18)19)10-13(15(12)20)17(4,5)6;/h1,3-18H2,2H3;9-10H,7-8H2,1-6H3,(H,18,19)(H2,20,21,22);9-10,20H,7-8H2,1-6H3,(H,18,19);/q-1;;;. The van der Waals surface area contributed by atoms with Crippen molar-refractivity contribution in [2.24, 2.45) is 0 Å². The summed E-state index contributed by atoms with van der Waals surface area (Å²) in [5, 5.41) is 28.3. The van der Waals surface area contributed by atoms with Gasteiger partial charge >= 0.3 is 19.8 Å². The van der Waals surface area contributed by atoms with E-state index in [4.69, 9.17) is 14.7 Å². The van der Waals surface area contributed by atoms with Gasteiger partial charge in [-0.25, -0.2) is 4.57 Å². The van der Waals surface area contributed by atoms with Crippen molar-refractivity contribution < 1.29 is 63.3 Å². The fourth-order valence-electron chi connectivity index (χ4n) is 7.20. The molecule has 0 fully saturated rings. The zero-order valence-corrected chi connectivity index (χ0v) is 46.0. The molecular formula is C52H90O9PZn-. The van der Waals surface area contributed by atoms with Gasteiger partial charge in [0, 0.05) is 43.4 Å². The topological polar surface area (TPSA) is 162 Å². The van der Waals surface area contributed by atoms with Gasteiger partial charge in [-0.3, -0.25) is 19.4 Å². The first-order chi connectivity index (χ1) is 28.4. The maximum absolute atomic E-state index is 11.5. The summed E-state index contributed by atoms with van der Waals surface area (Å²) in [6.45, 7) is 30.0. The van der Waals surface area contributed by atoms with E-state index in [1.54, 1.807) is 12.1 Å². The van der Waals surface area contributed by atoms with Gasteiger partial charge in [0.2, 0.25) is 0 Å². The molecule has 0 aliphatic carbocycles. The largest absolute Gasteiger partial charge is 0.524 e. The van der Waals surface area contributed by atoms with Gasteiger partial charge in [0.1, 0.15) is 11.5 Å². The normalized spacial score (nSPS) is 12.1. The molecule has 0 unspecified atom stereocenters. The van der Waals surface area contributed by atoms with Crippen LogP contribution < -0.4 is 4.52 Å². The number of unbranched alkanes of at least 4 members (excludes halogenated alkanes) is 15. The molecule has 0 heterocycles. The zero-order chi connectivity index (χ0) is 48.0. The van der Waals surface area contributed by atoms with Gasteiger partial charge in [-0.05, 0) is 56.8 Å². The molecule has 0 aliphatic rings. The minimum absolute atomic E-state index is 0. The van der Waals surface area contributed by atoms with Crippen molar-refractivity contribution in [1.82, 2.24) is 0 Å². The Morgan fingerprint density at radius 2 is 0.810 bits per heavy atom. The maximum atomic E-state index is 11.5. The first kappa shape index (κ1) is 62.8. The second-order valence-electron chi connectivity index (χ2n) is 21.2. The second kappa shape index (κ2) is 30.1. The quantitative estimate of drug-likeness (QED) is 0.0316. The van der Waals surface area contributed by atoms with E-state index in [1.165, 1.54) is 96.3 Å². The number of phosphoric ester groups is 1. The molecule has 360 valence electrons. The van der Waals surface area contributed by atoms with E-state index >= 15 is 0 Å². The summed E-state index contributed by atoms with van der Waals surface area (Å²) in [4.78, 5) is 40.2. The Bertz CT molecular complexity index is 1570. The number of phosphoric acid groups is 1. The third-order valence-corrected chi connectivity index (χ3v) is 11.3. The fourth-order valence-corrected chi connectivity index (χ4v) is 7.63. The minimum atomic E-state index is -4.72. The zero-order valence-electron chi connectivity index (χ0n) is 42.2. The Morgan fingerprint density at radius 3 is 1.05 bits per heavy atom. The van der Waals surface area contributed by atoms with Crippen LogP contribution in [0.1, 0.15) is 239 Å². The predicted molar refractivity (Wildman–Crippen MR) is 259 cm³/mol. The number of carboxylic acid groups (broad SMARTS) is 2. The Kier molecular flexibility index (Phi) is 30.0. The number of carboxylic acids is 2. The van der Waals surface area contributed by atoms with Crippen LogP contribution in [0.25, 0.3) is 0 Å².